The maximum Gasteiger partial charge on any atom is 0.339 e. The maximum absolute atomic E-state index is 13.7. The van der Waals surface area contributed by atoms with Crippen LogP contribution in [0, 0.1) is 24.7 Å². The third-order valence-corrected chi connectivity index (χ3v) is 8.80. The second kappa shape index (κ2) is 12.5. The number of hydrogen-bond donors (Lipinski definition) is 2. The standard InChI is InChI=1S/C34H46O6/c1-8-20(2)32-24(6)14-15-34(40-32)19-27-17-26(39-34)13-12-23(5)31(36)22(4)11-9-10-21(3)28-18-30(35)25(7)16-29(28)33(37)38-27/h9-12,14-16,18,20,22,24,26-27,31-32,35-36H,8,13,17,19H2,1-7H3/b11-9-,21-10-,23-12-/t20-,22-,24-,26+,27-,31-,32+,34+/m0/s1. The molecule has 0 aliphatic carbocycles. The first kappa shape index (κ1) is 30.3. The molecular formula is C34H46O6. The summed E-state index contributed by atoms with van der Waals surface area (Å²) in [5.41, 5.74) is 3.32. The van der Waals surface area contributed by atoms with Gasteiger partial charge >= 0.3 is 5.97 Å². The summed E-state index contributed by atoms with van der Waals surface area (Å²) in [6.45, 7) is 14.1. The summed E-state index contributed by atoms with van der Waals surface area (Å²) in [7, 11) is 0. The van der Waals surface area contributed by atoms with Crippen LogP contribution in [-0.2, 0) is 14.2 Å². The fraction of sp³-hybridized carbons (Fsp3) is 0.559. The van der Waals surface area contributed by atoms with Crippen LogP contribution in [0.25, 0.3) is 5.57 Å². The van der Waals surface area contributed by atoms with Gasteiger partial charge in [-0.15, -0.1) is 0 Å². The molecule has 1 fully saturated rings. The highest BCUT2D eigenvalue weighted by Gasteiger charge is 2.47. The van der Waals surface area contributed by atoms with Crippen molar-refractivity contribution in [2.24, 2.45) is 17.8 Å². The van der Waals surface area contributed by atoms with Crippen molar-refractivity contribution in [2.45, 2.75) is 104 Å². The Hall–Kier alpha value is -2.67. The Bertz CT molecular complexity index is 1210. The van der Waals surface area contributed by atoms with Crippen LogP contribution in [-0.4, -0.2) is 46.4 Å². The molecule has 3 aliphatic heterocycles. The number of carbonyl (C=O) groups excluding carboxylic acids is 1. The minimum Gasteiger partial charge on any atom is -0.508 e. The number of aryl methyl sites for hydroxylation is 1. The molecule has 218 valence electrons. The summed E-state index contributed by atoms with van der Waals surface area (Å²) in [4.78, 5) is 13.7. The minimum atomic E-state index is -0.986. The van der Waals surface area contributed by atoms with E-state index in [4.69, 9.17) is 14.2 Å². The van der Waals surface area contributed by atoms with Gasteiger partial charge in [0.2, 0.25) is 0 Å². The van der Waals surface area contributed by atoms with Gasteiger partial charge in [0.1, 0.15) is 11.9 Å². The predicted octanol–water partition coefficient (Wildman–Crippen LogP) is 7.05. The number of benzene rings is 1. The Morgan fingerprint density at radius 2 is 1.80 bits per heavy atom. The fourth-order valence-corrected chi connectivity index (χ4v) is 5.97. The summed E-state index contributed by atoms with van der Waals surface area (Å²) in [5, 5.41) is 21.4. The van der Waals surface area contributed by atoms with E-state index in [1.165, 1.54) is 0 Å². The Labute approximate surface area is 239 Å². The molecule has 1 aromatic rings. The molecule has 0 radical (unpaired) electrons. The number of hydrogen-bond acceptors (Lipinski definition) is 6. The number of phenols is 1. The molecule has 4 rings (SSSR count). The molecule has 3 aliphatic rings. The van der Waals surface area contributed by atoms with Crippen molar-refractivity contribution in [1.82, 2.24) is 0 Å². The van der Waals surface area contributed by atoms with Crippen LogP contribution in [0.3, 0.4) is 0 Å². The van der Waals surface area contributed by atoms with E-state index in [-0.39, 0.29) is 29.8 Å². The van der Waals surface area contributed by atoms with Gasteiger partial charge in [-0.2, -0.15) is 0 Å². The fourth-order valence-electron chi connectivity index (χ4n) is 5.97. The summed E-state index contributed by atoms with van der Waals surface area (Å²) in [6.07, 6.45) is 13.1. The number of esters is 1. The zero-order valence-corrected chi connectivity index (χ0v) is 25.0. The Balaban J connectivity index is 1.76. The number of aliphatic hydroxyl groups excluding tert-OH is 1. The molecule has 0 unspecified atom stereocenters. The molecule has 1 spiro atoms. The lowest BCUT2D eigenvalue weighted by molar-refractivity contribution is -0.298. The lowest BCUT2D eigenvalue weighted by atomic mass is 9.86. The van der Waals surface area contributed by atoms with E-state index in [0.29, 0.717) is 41.9 Å². The summed E-state index contributed by atoms with van der Waals surface area (Å²) >= 11 is 0. The molecule has 6 heteroatoms. The van der Waals surface area contributed by atoms with Crippen molar-refractivity contribution in [1.29, 1.82) is 0 Å². The van der Waals surface area contributed by atoms with E-state index in [1.807, 2.05) is 51.2 Å². The van der Waals surface area contributed by atoms with Crippen LogP contribution in [0.2, 0.25) is 0 Å². The van der Waals surface area contributed by atoms with Crippen molar-refractivity contribution < 1.29 is 29.2 Å². The number of aromatic hydroxyl groups is 1. The summed E-state index contributed by atoms with van der Waals surface area (Å²) < 4.78 is 19.6. The first-order valence-electron chi connectivity index (χ1n) is 14.7. The number of fused-ring (bicyclic) bond motifs is 3. The number of aliphatic hydroxyl groups is 1. The molecule has 1 saturated heterocycles. The number of carbonyl (C=O) groups is 1. The van der Waals surface area contributed by atoms with Crippen molar-refractivity contribution in [3.05, 3.63) is 70.9 Å². The molecule has 1 aromatic carbocycles. The monoisotopic (exact) mass is 550 g/mol. The third-order valence-electron chi connectivity index (χ3n) is 8.80. The van der Waals surface area contributed by atoms with Gasteiger partial charge in [0.05, 0.1) is 23.9 Å². The van der Waals surface area contributed by atoms with Crippen molar-refractivity contribution >= 4 is 11.5 Å². The van der Waals surface area contributed by atoms with Gasteiger partial charge in [-0.05, 0) is 73.6 Å². The largest absolute Gasteiger partial charge is 0.508 e. The summed E-state index contributed by atoms with van der Waals surface area (Å²) in [5.74, 6) is -0.808. The minimum absolute atomic E-state index is 0.00571. The van der Waals surface area contributed by atoms with Crippen LogP contribution in [0.5, 0.6) is 5.75 Å². The first-order valence-corrected chi connectivity index (χ1v) is 14.7. The van der Waals surface area contributed by atoms with Gasteiger partial charge in [-0.1, -0.05) is 64.5 Å². The van der Waals surface area contributed by atoms with E-state index in [1.54, 1.807) is 19.1 Å². The molecule has 2 bridgehead atoms. The smallest absolute Gasteiger partial charge is 0.339 e. The number of ether oxygens (including phenoxy) is 3. The highest BCUT2D eigenvalue weighted by molar-refractivity contribution is 5.96. The van der Waals surface area contributed by atoms with Crippen molar-refractivity contribution in [3.63, 3.8) is 0 Å². The van der Waals surface area contributed by atoms with E-state index in [2.05, 4.69) is 26.8 Å². The Morgan fingerprint density at radius 3 is 2.52 bits per heavy atom. The van der Waals surface area contributed by atoms with E-state index in [0.717, 1.165) is 17.6 Å². The zero-order valence-electron chi connectivity index (χ0n) is 25.0. The van der Waals surface area contributed by atoms with Gasteiger partial charge in [0.15, 0.2) is 5.79 Å². The van der Waals surface area contributed by atoms with Gasteiger partial charge in [-0.25, -0.2) is 4.79 Å². The Kier molecular flexibility index (Phi) is 9.44. The SMILES string of the molecule is CC[C@H](C)[C@H]1O[C@]2(C=C[C@@H]1C)C[C@@H]1C[C@@H](C/C=C(/C)[C@@H](O)[C@@H](C)/C=C\C=C(\C)c3cc(O)c(C)cc3C(=O)O1)O2. The van der Waals surface area contributed by atoms with Crippen LogP contribution >= 0.6 is 0 Å². The van der Waals surface area contributed by atoms with E-state index in [9.17, 15) is 15.0 Å². The normalized spacial score (nSPS) is 37.5. The first-order chi connectivity index (χ1) is 18.9. The second-order valence-electron chi connectivity index (χ2n) is 12.1. The van der Waals surface area contributed by atoms with E-state index >= 15 is 0 Å². The molecule has 3 heterocycles. The third kappa shape index (κ3) is 6.62. The van der Waals surface area contributed by atoms with Gasteiger partial charge < -0.3 is 24.4 Å². The molecule has 2 N–H and O–H groups in total. The van der Waals surface area contributed by atoms with Crippen LogP contribution in [0.1, 0.15) is 88.7 Å². The molecular weight excluding hydrogens is 504 g/mol. The average molecular weight is 551 g/mol. The number of rotatable bonds is 2. The molecule has 40 heavy (non-hydrogen) atoms. The summed E-state index contributed by atoms with van der Waals surface area (Å²) in [6, 6.07) is 3.32. The average Bonchev–Trinajstić information content (AvgIpc) is 2.92. The molecule has 0 saturated carbocycles. The van der Waals surface area contributed by atoms with Crippen LogP contribution < -0.4 is 0 Å². The topological polar surface area (TPSA) is 85.2 Å². The molecule has 8 atom stereocenters. The van der Waals surface area contributed by atoms with Gasteiger partial charge in [0.25, 0.3) is 0 Å². The van der Waals surface area contributed by atoms with Crippen LogP contribution in [0.15, 0.2) is 54.2 Å². The van der Waals surface area contributed by atoms with E-state index < -0.39 is 24.0 Å². The lowest BCUT2D eigenvalue weighted by Crippen LogP contribution is -2.53. The van der Waals surface area contributed by atoms with Crippen LogP contribution in [0.4, 0.5) is 0 Å². The lowest BCUT2D eigenvalue weighted by Gasteiger charge is -2.47. The highest BCUT2D eigenvalue weighted by atomic mass is 16.7. The highest BCUT2D eigenvalue weighted by Crippen LogP contribution is 2.42. The number of allylic oxidation sites excluding steroid dienone is 3. The predicted molar refractivity (Wildman–Crippen MR) is 158 cm³/mol. The van der Waals surface area contributed by atoms with Gasteiger partial charge in [0, 0.05) is 24.7 Å². The zero-order chi connectivity index (χ0) is 29.2. The molecule has 0 aromatic heterocycles. The molecule has 6 nitrogen and oxygen atoms in total. The van der Waals surface area contributed by atoms with Crippen molar-refractivity contribution in [3.8, 4) is 5.75 Å². The van der Waals surface area contributed by atoms with Gasteiger partial charge in [-0.3, -0.25) is 0 Å². The number of phenolic OH excluding ortho intramolecular Hbond substituents is 1. The second-order valence-corrected chi connectivity index (χ2v) is 12.1. The maximum atomic E-state index is 13.7. The molecule has 0 amide bonds. The quantitative estimate of drug-likeness (QED) is 0.303. The Morgan fingerprint density at radius 1 is 1.05 bits per heavy atom. The van der Waals surface area contributed by atoms with Crippen molar-refractivity contribution in [2.75, 3.05) is 0 Å².